The number of cyclic esters (lactones) is 1. The fraction of sp³-hybridized carbons (Fsp3) is 0.639. The predicted molar refractivity (Wildman–Crippen MR) is 191 cm³/mol. The summed E-state index contributed by atoms with van der Waals surface area (Å²) in [5.41, 5.74) is -0.188. The highest BCUT2D eigenvalue weighted by atomic mass is 32.2. The lowest BCUT2D eigenvalue weighted by atomic mass is 9.82. The average molecular weight is 732 g/mol. The minimum atomic E-state index is -3.95. The first-order chi connectivity index (χ1) is 24.3. The first-order valence-corrected chi connectivity index (χ1v) is 19.7. The van der Waals surface area contributed by atoms with E-state index in [2.05, 4.69) is 27.3 Å². The molecule has 1 saturated heterocycles. The Morgan fingerprint density at radius 1 is 1.12 bits per heavy atom. The van der Waals surface area contributed by atoms with Crippen molar-refractivity contribution in [3.8, 4) is 0 Å². The molecule has 14 nitrogen and oxygen atoms in total. The monoisotopic (exact) mass is 731 g/mol. The number of carbonyl (C=O) groups is 5. The van der Waals surface area contributed by atoms with Gasteiger partial charge >= 0.3 is 12.2 Å². The van der Waals surface area contributed by atoms with Crippen LogP contribution < -0.4 is 20.7 Å². The van der Waals surface area contributed by atoms with Gasteiger partial charge in [-0.15, -0.1) is 6.58 Å². The van der Waals surface area contributed by atoms with Crippen molar-refractivity contribution in [1.29, 1.82) is 0 Å². The van der Waals surface area contributed by atoms with Gasteiger partial charge in [0, 0.05) is 18.0 Å². The maximum absolute atomic E-state index is 14.2. The number of hydrogen-bond acceptors (Lipinski definition) is 9. The summed E-state index contributed by atoms with van der Waals surface area (Å²) >= 11 is 0. The SMILES string of the molecule is C=C[C@H](CC)[C@@](C)(NC(=O)[C@@H]1C[C@@H]2CN1C(=O)[C@H](CCCC)NC(=O)OCCCCCCc1cccc(c1)NC(=O)O2)C(=O)NS(=O)(=O)C1CC1. The van der Waals surface area contributed by atoms with Crippen molar-refractivity contribution in [2.75, 3.05) is 18.5 Å². The van der Waals surface area contributed by atoms with E-state index in [1.807, 2.05) is 25.1 Å². The van der Waals surface area contributed by atoms with E-state index in [0.717, 1.165) is 37.7 Å². The van der Waals surface area contributed by atoms with Crippen LogP contribution in [0.5, 0.6) is 0 Å². The second-order valence-corrected chi connectivity index (χ2v) is 15.8. The number of aryl methyl sites for hydroxylation is 1. The van der Waals surface area contributed by atoms with Crippen LogP contribution in [0.4, 0.5) is 15.3 Å². The van der Waals surface area contributed by atoms with Crippen LogP contribution >= 0.6 is 0 Å². The summed E-state index contributed by atoms with van der Waals surface area (Å²) in [6.07, 6.45) is 5.86. The van der Waals surface area contributed by atoms with E-state index in [1.54, 1.807) is 13.0 Å². The smallest absolute Gasteiger partial charge is 0.411 e. The van der Waals surface area contributed by atoms with Gasteiger partial charge in [-0.3, -0.25) is 24.4 Å². The lowest BCUT2D eigenvalue weighted by Crippen LogP contribution is -2.64. The fourth-order valence-electron chi connectivity index (χ4n) is 6.64. The van der Waals surface area contributed by atoms with E-state index in [1.165, 1.54) is 17.9 Å². The van der Waals surface area contributed by atoms with Crippen LogP contribution in [0.15, 0.2) is 36.9 Å². The zero-order valence-corrected chi connectivity index (χ0v) is 30.7. The van der Waals surface area contributed by atoms with Gasteiger partial charge in [-0.2, -0.15) is 0 Å². The average Bonchev–Trinajstić information content (AvgIpc) is 3.87. The molecule has 0 spiro atoms. The molecule has 5 atom stereocenters. The molecule has 5 amide bonds. The normalized spacial score (nSPS) is 24.0. The van der Waals surface area contributed by atoms with E-state index < -0.39 is 74.8 Å². The molecule has 1 saturated carbocycles. The Bertz CT molecular complexity index is 1550. The summed E-state index contributed by atoms with van der Waals surface area (Å²) in [6, 6.07) is 5.15. The molecule has 2 fully saturated rings. The highest BCUT2D eigenvalue weighted by Gasteiger charge is 2.49. The molecule has 4 bridgehead atoms. The zero-order chi connectivity index (χ0) is 37.2. The van der Waals surface area contributed by atoms with Gasteiger partial charge in [-0.05, 0) is 69.6 Å². The number of fused-ring (bicyclic) bond motifs is 4. The van der Waals surface area contributed by atoms with Gasteiger partial charge in [0.2, 0.25) is 21.8 Å². The number of ether oxygens (including phenoxy) is 2. The van der Waals surface area contributed by atoms with Crippen molar-refractivity contribution in [2.24, 2.45) is 5.92 Å². The number of sulfonamides is 1. The zero-order valence-electron chi connectivity index (χ0n) is 29.9. The fourth-order valence-corrected chi connectivity index (χ4v) is 8.04. The van der Waals surface area contributed by atoms with Crippen molar-refractivity contribution in [2.45, 2.75) is 127 Å². The molecule has 0 unspecified atom stereocenters. The maximum Gasteiger partial charge on any atom is 0.411 e. The largest absolute Gasteiger partial charge is 0.450 e. The molecule has 51 heavy (non-hydrogen) atoms. The predicted octanol–water partition coefficient (Wildman–Crippen LogP) is 4.30. The Morgan fingerprint density at radius 3 is 2.55 bits per heavy atom. The van der Waals surface area contributed by atoms with Crippen molar-refractivity contribution in [3.63, 3.8) is 0 Å². The number of unbranched alkanes of at least 4 members (excludes halogenated alkanes) is 1. The third-order valence-electron chi connectivity index (χ3n) is 9.84. The van der Waals surface area contributed by atoms with Gasteiger partial charge in [-0.1, -0.05) is 57.7 Å². The second kappa shape index (κ2) is 17.9. The summed E-state index contributed by atoms with van der Waals surface area (Å²) in [7, 11) is -3.95. The van der Waals surface area contributed by atoms with E-state index >= 15 is 0 Å². The molecule has 1 aliphatic carbocycles. The highest BCUT2D eigenvalue weighted by Crippen LogP contribution is 2.30. The number of anilines is 1. The molecular formula is C36H53N5O9S. The minimum absolute atomic E-state index is 0.112. The number of benzene rings is 1. The van der Waals surface area contributed by atoms with Gasteiger partial charge in [-0.25, -0.2) is 18.0 Å². The molecule has 2 aliphatic heterocycles. The van der Waals surface area contributed by atoms with Crippen molar-refractivity contribution in [1.82, 2.24) is 20.3 Å². The second-order valence-electron chi connectivity index (χ2n) is 13.9. The van der Waals surface area contributed by atoms with Gasteiger partial charge in [0.15, 0.2) is 0 Å². The van der Waals surface area contributed by atoms with Crippen LogP contribution in [-0.2, 0) is 40.3 Å². The van der Waals surface area contributed by atoms with Gasteiger partial charge in [0.25, 0.3) is 5.91 Å². The summed E-state index contributed by atoms with van der Waals surface area (Å²) < 4.78 is 38.8. The lowest BCUT2D eigenvalue weighted by Gasteiger charge is -2.37. The molecular weight excluding hydrogens is 678 g/mol. The summed E-state index contributed by atoms with van der Waals surface area (Å²) in [4.78, 5) is 69.3. The topological polar surface area (TPSA) is 189 Å². The quantitative estimate of drug-likeness (QED) is 0.241. The van der Waals surface area contributed by atoms with Crippen LogP contribution in [0, 0.1) is 5.92 Å². The van der Waals surface area contributed by atoms with Crippen LogP contribution in [0.1, 0.15) is 97.0 Å². The molecule has 0 radical (unpaired) electrons. The van der Waals surface area contributed by atoms with Crippen molar-refractivity contribution < 1.29 is 41.9 Å². The molecule has 0 aromatic heterocycles. The van der Waals surface area contributed by atoms with E-state index in [9.17, 15) is 32.4 Å². The van der Waals surface area contributed by atoms with Crippen LogP contribution in [-0.4, -0.2) is 85.4 Å². The first kappa shape index (κ1) is 39.6. The molecule has 3 aliphatic rings. The lowest BCUT2D eigenvalue weighted by molar-refractivity contribution is -0.142. The third-order valence-corrected chi connectivity index (χ3v) is 11.7. The number of alkyl carbamates (subject to hydrolysis) is 1. The number of nitrogens with zero attached hydrogens (tertiary/aromatic N) is 1. The molecule has 1 aromatic rings. The minimum Gasteiger partial charge on any atom is -0.450 e. The van der Waals surface area contributed by atoms with Crippen LogP contribution in [0.25, 0.3) is 0 Å². The standard InChI is InChI=1S/C36H53N5O9S/c1-5-8-17-29-32(43)41-23-27(50-35(46)37-26-16-13-15-24(21-26)14-11-9-10-12-20-49-34(45)38-29)22-30(41)31(42)39-36(4,25(6-2)7-3)33(44)40-51(47,48)28-18-19-28/h6,13,15-16,21,25,27-30H,2,5,7-12,14,17-20,22-23H2,1,3-4H3,(H,37,46)(H,38,45)(H,39,42)(H,40,44)/t25-,27-,29+,30+,36-/m1/s1. The molecule has 15 heteroatoms. The Labute approximate surface area is 300 Å². The molecule has 2 heterocycles. The number of nitrogens with one attached hydrogen (secondary N) is 4. The van der Waals surface area contributed by atoms with E-state index in [4.69, 9.17) is 9.47 Å². The van der Waals surface area contributed by atoms with Gasteiger partial charge in [0.05, 0.1) is 18.4 Å². The van der Waals surface area contributed by atoms with Gasteiger partial charge < -0.3 is 25.0 Å². The van der Waals surface area contributed by atoms with E-state index in [0.29, 0.717) is 37.8 Å². The Balaban J connectivity index is 1.64. The van der Waals surface area contributed by atoms with Crippen LogP contribution in [0.2, 0.25) is 0 Å². The molecule has 282 valence electrons. The molecule has 4 rings (SSSR count). The Hall–Kier alpha value is -4.14. The highest BCUT2D eigenvalue weighted by molar-refractivity contribution is 7.91. The van der Waals surface area contributed by atoms with Gasteiger partial charge in [0.1, 0.15) is 23.7 Å². The summed E-state index contributed by atoms with van der Waals surface area (Å²) in [5, 5.41) is 7.49. The maximum atomic E-state index is 14.2. The van der Waals surface area contributed by atoms with E-state index in [-0.39, 0.29) is 26.0 Å². The Kier molecular flexibility index (Phi) is 13.9. The van der Waals surface area contributed by atoms with Crippen molar-refractivity contribution in [3.05, 3.63) is 42.5 Å². The first-order valence-electron chi connectivity index (χ1n) is 18.1. The molecule has 1 aromatic carbocycles. The van der Waals surface area contributed by atoms with Crippen LogP contribution in [0.3, 0.4) is 0 Å². The summed E-state index contributed by atoms with van der Waals surface area (Å²) in [6.45, 7) is 8.97. The number of carbonyl (C=O) groups excluding carboxylic acids is 5. The molecule has 4 N–H and O–H groups in total. The van der Waals surface area contributed by atoms with Crippen molar-refractivity contribution >= 4 is 45.6 Å². The Morgan fingerprint density at radius 2 is 1.86 bits per heavy atom. The number of hydrogen-bond donors (Lipinski definition) is 4. The third kappa shape index (κ3) is 10.7. The number of rotatable bonds is 11. The number of amides is 5. The summed E-state index contributed by atoms with van der Waals surface area (Å²) in [5.74, 6) is -2.93.